The van der Waals surface area contributed by atoms with Gasteiger partial charge in [0.25, 0.3) is 11.7 Å². The summed E-state index contributed by atoms with van der Waals surface area (Å²) < 4.78 is 5.55. The number of carbonyl (C=O) groups is 2. The van der Waals surface area contributed by atoms with Gasteiger partial charge < -0.3 is 14.7 Å². The summed E-state index contributed by atoms with van der Waals surface area (Å²) in [5, 5.41) is 13.2. The van der Waals surface area contributed by atoms with Crippen molar-refractivity contribution >= 4 is 28.8 Å². The number of aryl methyl sites for hydroxylation is 1. The van der Waals surface area contributed by atoms with Crippen LogP contribution in [0.4, 0.5) is 0 Å². The standard InChI is InChI=1S/C24H20N2O4S/c1-14-7-11-31-23(14)20-19(21(27)17-2-3-18-16(12-17)6-10-30-18)22(28)24(29)26(20)13-15-4-8-25-9-5-15/h2-5,7-9,11-12,20,27H,6,10,13H2,1H3/b21-19-. The van der Waals surface area contributed by atoms with E-state index in [2.05, 4.69) is 4.98 Å². The van der Waals surface area contributed by atoms with Crippen molar-refractivity contribution < 1.29 is 19.4 Å². The second kappa shape index (κ2) is 7.67. The van der Waals surface area contributed by atoms with Gasteiger partial charge in [-0.1, -0.05) is 0 Å². The molecular weight excluding hydrogens is 412 g/mol. The number of aliphatic hydroxyl groups is 1. The zero-order valence-electron chi connectivity index (χ0n) is 16.9. The van der Waals surface area contributed by atoms with Crippen molar-refractivity contribution in [1.29, 1.82) is 0 Å². The summed E-state index contributed by atoms with van der Waals surface area (Å²) in [5.41, 5.74) is 3.48. The average Bonchev–Trinajstić information content (AvgIpc) is 3.48. The first-order chi connectivity index (χ1) is 15.0. The van der Waals surface area contributed by atoms with Gasteiger partial charge in [-0.15, -0.1) is 11.3 Å². The van der Waals surface area contributed by atoms with Gasteiger partial charge in [0.05, 0.1) is 12.2 Å². The molecule has 31 heavy (non-hydrogen) atoms. The minimum atomic E-state index is -0.666. The number of hydrogen-bond acceptors (Lipinski definition) is 6. The molecule has 6 nitrogen and oxygen atoms in total. The van der Waals surface area contributed by atoms with Crippen LogP contribution in [0.1, 0.15) is 33.2 Å². The molecule has 5 rings (SSSR count). The van der Waals surface area contributed by atoms with Crippen LogP contribution in [0.15, 0.2) is 59.7 Å². The second-order valence-corrected chi connectivity index (χ2v) is 8.62. The van der Waals surface area contributed by atoms with Gasteiger partial charge in [-0.25, -0.2) is 0 Å². The van der Waals surface area contributed by atoms with E-state index in [-0.39, 0.29) is 17.9 Å². The molecule has 1 N–H and O–H groups in total. The van der Waals surface area contributed by atoms with E-state index < -0.39 is 17.7 Å². The van der Waals surface area contributed by atoms with E-state index in [1.54, 1.807) is 29.4 Å². The van der Waals surface area contributed by atoms with Gasteiger partial charge in [-0.2, -0.15) is 0 Å². The molecule has 1 amide bonds. The van der Waals surface area contributed by atoms with Crippen molar-refractivity contribution in [1.82, 2.24) is 9.88 Å². The number of likely N-dealkylation sites (tertiary alicyclic amines) is 1. The molecule has 3 aromatic rings. The number of rotatable bonds is 4. The van der Waals surface area contributed by atoms with Crippen LogP contribution in [0, 0.1) is 6.92 Å². The second-order valence-electron chi connectivity index (χ2n) is 7.67. The number of Topliss-reactive ketones (excluding diaryl/α,β-unsaturated/α-hetero) is 1. The molecule has 1 fully saturated rings. The predicted octanol–water partition coefficient (Wildman–Crippen LogP) is 4.01. The van der Waals surface area contributed by atoms with Gasteiger partial charge >= 0.3 is 0 Å². The summed E-state index contributed by atoms with van der Waals surface area (Å²) >= 11 is 1.48. The highest BCUT2D eigenvalue weighted by atomic mass is 32.1. The van der Waals surface area contributed by atoms with Gasteiger partial charge in [0.15, 0.2) is 0 Å². The first kappa shape index (κ1) is 19.5. The molecule has 1 saturated heterocycles. The lowest BCUT2D eigenvalue weighted by molar-refractivity contribution is -0.140. The van der Waals surface area contributed by atoms with Crippen LogP contribution in [0.5, 0.6) is 5.75 Å². The molecule has 1 aromatic carbocycles. The third kappa shape index (κ3) is 3.31. The van der Waals surface area contributed by atoms with Crippen molar-refractivity contribution in [2.24, 2.45) is 0 Å². The largest absolute Gasteiger partial charge is 0.507 e. The first-order valence-electron chi connectivity index (χ1n) is 10.0. The predicted molar refractivity (Wildman–Crippen MR) is 117 cm³/mol. The van der Waals surface area contributed by atoms with Crippen LogP contribution in [-0.4, -0.2) is 33.3 Å². The van der Waals surface area contributed by atoms with E-state index in [1.807, 2.05) is 36.6 Å². The number of amides is 1. The monoisotopic (exact) mass is 432 g/mol. The Morgan fingerprint density at radius 2 is 2.03 bits per heavy atom. The summed E-state index contributed by atoms with van der Waals surface area (Å²) in [5.74, 6) is -0.634. The van der Waals surface area contributed by atoms with Crippen LogP contribution in [0.25, 0.3) is 5.76 Å². The Morgan fingerprint density at radius 1 is 1.23 bits per heavy atom. The van der Waals surface area contributed by atoms with Crippen molar-refractivity contribution in [3.63, 3.8) is 0 Å². The third-order valence-corrected chi connectivity index (χ3v) is 6.83. The summed E-state index contributed by atoms with van der Waals surface area (Å²) in [4.78, 5) is 32.6. The van der Waals surface area contributed by atoms with E-state index in [0.717, 1.165) is 33.7 Å². The molecule has 2 aliphatic heterocycles. The number of thiophene rings is 1. The molecule has 0 radical (unpaired) electrons. The minimum absolute atomic E-state index is 0.128. The third-order valence-electron chi connectivity index (χ3n) is 5.76. The Hall–Kier alpha value is -3.45. The lowest BCUT2D eigenvalue weighted by Crippen LogP contribution is -2.29. The Bertz CT molecular complexity index is 1220. The highest BCUT2D eigenvalue weighted by Gasteiger charge is 2.47. The van der Waals surface area contributed by atoms with Gasteiger partial charge in [-0.05, 0) is 65.4 Å². The quantitative estimate of drug-likeness (QED) is 0.383. The van der Waals surface area contributed by atoms with Crippen LogP contribution in [0.3, 0.4) is 0 Å². The van der Waals surface area contributed by atoms with E-state index in [0.29, 0.717) is 12.2 Å². The minimum Gasteiger partial charge on any atom is -0.507 e. The average molecular weight is 433 g/mol. The maximum atomic E-state index is 13.1. The van der Waals surface area contributed by atoms with Crippen molar-refractivity contribution in [2.75, 3.05) is 6.61 Å². The Morgan fingerprint density at radius 3 is 2.77 bits per heavy atom. The summed E-state index contributed by atoms with van der Waals surface area (Å²) in [6.45, 7) is 2.80. The highest BCUT2D eigenvalue weighted by molar-refractivity contribution is 7.10. The summed E-state index contributed by atoms with van der Waals surface area (Å²) in [7, 11) is 0. The van der Waals surface area contributed by atoms with Crippen LogP contribution in [-0.2, 0) is 22.6 Å². The van der Waals surface area contributed by atoms with E-state index >= 15 is 0 Å². The van der Waals surface area contributed by atoms with Crippen LogP contribution < -0.4 is 4.74 Å². The number of ketones is 1. The van der Waals surface area contributed by atoms with Crippen LogP contribution in [0.2, 0.25) is 0 Å². The lowest BCUT2D eigenvalue weighted by atomic mass is 9.97. The van der Waals surface area contributed by atoms with Crippen molar-refractivity contribution in [2.45, 2.75) is 25.9 Å². The molecular formula is C24H20N2O4S. The highest BCUT2D eigenvalue weighted by Crippen LogP contribution is 2.43. The molecule has 4 heterocycles. The topological polar surface area (TPSA) is 79.7 Å². The molecule has 0 bridgehead atoms. The number of fused-ring (bicyclic) bond motifs is 1. The van der Waals surface area contributed by atoms with Crippen molar-refractivity contribution in [3.05, 3.63) is 86.9 Å². The zero-order valence-corrected chi connectivity index (χ0v) is 17.7. The van der Waals surface area contributed by atoms with Crippen molar-refractivity contribution in [3.8, 4) is 5.75 Å². The number of carbonyl (C=O) groups excluding carboxylic acids is 2. The van der Waals surface area contributed by atoms with Gasteiger partial charge in [0.2, 0.25) is 0 Å². The Labute approximate surface area is 183 Å². The summed E-state index contributed by atoms with van der Waals surface area (Å²) in [6, 6.07) is 10.3. The van der Waals surface area contributed by atoms with Gasteiger partial charge in [0.1, 0.15) is 17.6 Å². The number of hydrogen-bond donors (Lipinski definition) is 1. The Kier molecular flexibility index (Phi) is 4.82. The number of ether oxygens (including phenoxy) is 1. The number of benzene rings is 1. The molecule has 1 atom stereocenters. The Balaban J connectivity index is 1.64. The number of pyridine rings is 1. The van der Waals surface area contributed by atoms with E-state index in [1.165, 1.54) is 11.3 Å². The number of aliphatic hydroxyl groups excluding tert-OH is 1. The lowest BCUT2D eigenvalue weighted by Gasteiger charge is -2.25. The van der Waals surface area contributed by atoms with Crippen LogP contribution >= 0.6 is 11.3 Å². The first-order valence-corrected chi connectivity index (χ1v) is 10.9. The molecule has 156 valence electrons. The molecule has 0 aliphatic carbocycles. The maximum Gasteiger partial charge on any atom is 0.295 e. The molecule has 0 saturated carbocycles. The molecule has 2 aliphatic rings. The summed E-state index contributed by atoms with van der Waals surface area (Å²) in [6.07, 6.45) is 4.06. The normalized spacial score (nSPS) is 19.5. The molecule has 2 aromatic heterocycles. The smallest absolute Gasteiger partial charge is 0.295 e. The molecule has 7 heteroatoms. The number of nitrogens with zero attached hydrogens (tertiary/aromatic N) is 2. The van der Waals surface area contributed by atoms with Gasteiger partial charge in [-0.3, -0.25) is 14.6 Å². The van der Waals surface area contributed by atoms with E-state index in [4.69, 9.17) is 4.74 Å². The fourth-order valence-electron chi connectivity index (χ4n) is 4.15. The zero-order chi connectivity index (χ0) is 21.5. The van der Waals surface area contributed by atoms with Gasteiger partial charge in [0, 0.05) is 35.8 Å². The SMILES string of the molecule is Cc1ccsc1C1/C(=C(/O)c2ccc3c(c2)CCO3)C(=O)C(=O)N1Cc1ccncc1. The van der Waals surface area contributed by atoms with E-state index in [9.17, 15) is 14.7 Å². The maximum absolute atomic E-state index is 13.1. The fraction of sp³-hybridized carbons (Fsp3) is 0.208. The fourth-order valence-corrected chi connectivity index (χ4v) is 5.20. The molecule has 0 spiro atoms. The molecule has 1 unspecified atom stereocenters. The number of aromatic nitrogens is 1.